The van der Waals surface area contributed by atoms with Gasteiger partial charge in [0.15, 0.2) is 5.82 Å². The van der Waals surface area contributed by atoms with E-state index in [-0.39, 0.29) is 17.7 Å². The van der Waals surface area contributed by atoms with E-state index in [2.05, 4.69) is 15.3 Å². The number of carbonyl (C=O) groups is 2. The lowest BCUT2D eigenvalue weighted by Gasteiger charge is -2.37. The number of carbonyl (C=O) groups excluding carboxylic acids is 2. The summed E-state index contributed by atoms with van der Waals surface area (Å²) < 4.78 is 1.81. The molecule has 7 heteroatoms. The second-order valence-corrected chi connectivity index (χ2v) is 8.02. The molecule has 1 N–H and O–H groups in total. The summed E-state index contributed by atoms with van der Waals surface area (Å²) in [5, 5.41) is 7.35. The van der Waals surface area contributed by atoms with Crippen LogP contribution in [0.4, 0.5) is 5.82 Å². The van der Waals surface area contributed by atoms with E-state index in [0.29, 0.717) is 18.8 Å². The standard InChI is InChI=1S/C22H31N5O2/c1-5-16(2)22(29)27-15-18-9-7-6-8-17(18)14-19(27)21(28)23-20-10-11-26(24-20)13-12-25(3)4/h6-11,16,19H,5,12-15H2,1-4H3,(H,23,24,28). The monoisotopic (exact) mass is 397 g/mol. The number of hydrogen-bond donors (Lipinski definition) is 1. The van der Waals surface area contributed by atoms with Crippen LogP contribution in [0.1, 0.15) is 31.4 Å². The van der Waals surface area contributed by atoms with Crippen LogP contribution in [0.2, 0.25) is 0 Å². The molecule has 1 aromatic heterocycles. The van der Waals surface area contributed by atoms with Crippen molar-refractivity contribution >= 4 is 17.6 Å². The van der Waals surface area contributed by atoms with Crippen LogP contribution >= 0.6 is 0 Å². The number of nitrogens with zero attached hydrogens (tertiary/aromatic N) is 4. The first-order chi connectivity index (χ1) is 13.9. The number of nitrogens with one attached hydrogen (secondary N) is 1. The highest BCUT2D eigenvalue weighted by molar-refractivity contribution is 5.97. The molecule has 0 spiro atoms. The molecule has 0 radical (unpaired) electrons. The lowest BCUT2D eigenvalue weighted by molar-refractivity contribution is -0.143. The molecule has 0 aliphatic carbocycles. The summed E-state index contributed by atoms with van der Waals surface area (Å²) in [6.45, 7) is 6.00. The van der Waals surface area contributed by atoms with Gasteiger partial charge in [-0.2, -0.15) is 5.10 Å². The van der Waals surface area contributed by atoms with Crippen LogP contribution in [-0.4, -0.2) is 58.1 Å². The number of hydrogen-bond acceptors (Lipinski definition) is 4. The number of anilines is 1. The molecular formula is C22H31N5O2. The molecule has 29 heavy (non-hydrogen) atoms. The summed E-state index contributed by atoms with van der Waals surface area (Å²) in [5.41, 5.74) is 2.23. The van der Waals surface area contributed by atoms with Crippen molar-refractivity contribution in [2.45, 2.75) is 45.8 Å². The minimum atomic E-state index is -0.529. The Bertz CT molecular complexity index is 860. The lowest BCUT2D eigenvalue weighted by atomic mass is 9.92. The average molecular weight is 398 g/mol. The van der Waals surface area contributed by atoms with Crippen LogP contribution in [0.5, 0.6) is 0 Å². The highest BCUT2D eigenvalue weighted by Crippen LogP contribution is 2.26. The Labute approximate surface area is 172 Å². The van der Waals surface area contributed by atoms with Crippen LogP contribution in [0.25, 0.3) is 0 Å². The molecule has 0 bridgehead atoms. The lowest BCUT2D eigenvalue weighted by Crippen LogP contribution is -2.52. The first-order valence-electron chi connectivity index (χ1n) is 10.2. The molecule has 1 aromatic carbocycles. The zero-order chi connectivity index (χ0) is 21.0. The maximum Gasteiger partial charge on any atom is 0.248 e. The van der Waals surface area contributed by atoms with Gasteiger partial charge in [-0.25, -0.2) is 0 Å². The van der Waals surface area contributed by atoms with Crippen molar-refractivity contribution in [3.63, 3.8) is 0 Å². The normalized spacial score (nSPS) is 17.1. The summed E-state index contributed by atoms with van der Waals surface area (Å²) in [5.74, 6) is 0.247. The molecular weight excluding hydrogens is 366 g/mol. The van der Waals surface area contributed by atoms with Crippen LogP contribution in [0.15, 0.2) is 36.5 Å². The summed E-state index contributed by atoms with van der Waals surface area (Å²) >= 11 is 0. The molecule has 2 aromatic rings. The zero-order valence-electron chi connectivity index (χ0n) is 17.8. The Morgan fingerprint density at radius 3 is 2.66 bits per heavy atom. The molecule has 7 nitrogen and oxygen atoms in total. The quantitative estimate of drug-likeness (QED) is 0.779. The molecule has 156 valence electrons. The Balaban J connectivity index is 1.76. The van der Waals surface area contributed by atoms with Gasteiger partial charge >= 0.3 is 0 Å². The van der Waals surface area contributed by atoms with Gasteiger partial charge < -0.3 is 15.1 Å². The van der Waals surface area contributed by atoms with E-state index in [1.54, 1.807) is 11.0 Å². The molecule has 2 amide bonds. The molecule has 1 aliphatic heterocycles. The first kappa shape index (κ1) is 21.0. The predicted octanol–water partition coefficient (Wildman–Crippen LogP) is 2.38. The Kier molecular flexibility index (Phi) is 6.69. The van der Waals surface area contributed by atoms with E-state index >= 15 is 0 Å². The SMILES string of the molecule is CCC(C)C(=O)N1Cc2ccccc2CC1C(=O)Nc1ccn(CCN(C)C)n1. The van der Waals surface area contributed by atoms with Crippen molar-refractivity contribution < 1.29 is 9.59 Å². The summed E-state index contributed by atoms with van der Waals surface area (Å²) in [7, 11) is 4.02. The fourth-order valence-corrected chi connectivity index (χ4v) is 3.51. The van der Waals surface area contributed by atoms with Crippen molar-refractivity contribution in [2.24, 2.45) is 5.92 Å². The highest BCUT2D eigenvalue weighted by atomic mass is 16.2. The summed E-state index contributed by atoms with van der Waals surface area (Å²) in [6.07, 6.45) is 3.13. The van der Waals surface area contributed by atoms with Gasteiger partial charge in [0.1, 0.15) is 6.04 Å². The third-order valence-corrected chi connectivity index (χ3v) is 5.54. The molecule has 2 atom stereocenters. The van der Waals surface area contributed by atoms with Gasteiger partial charge in [-0.1, -0.05) is 38.1 Å². The van der Waals surface area contributed by atoms with Crippen molar-refractivity contribution in [1.82, 2.24) is 19.6 Å². The van der Waals surface area contributed by atoms with Crippen molar-refractivity contribution in [2.75, 3.05) is 26.0 Å². The van der Waals surface area contributed by atoms with E-state index in [0.717, 1.165) is 30.6 Å². The summed E-state index contributed by atoms with van der Waals surface area (Å²) in [6, 6.07) is 9.30. The molecule has 3 rings (SSSR count). The zero-order valence-corrected chi connectivity index (χ0v) is 17.8. The van der Waals surface area contributed by atoms with Gasteiger partial charge in [0.25, 0.3) is 0 Å². The predicted molar refractivity (Wildman–Crippen MR) is 113 cm³/mol. The Morgan fingerprint density at radius 1 is 1.24 bits per heavy atom. The van der Waals surface area contributed by atoms with Crippen molar-refractivity contribution in [3.05, 3.63) is 47.7 Å². The maximum absolute atomic E-state index is 13.1. The minimum absolute atomic E-state index is 0.0265. The molecule has 0 fully saturated rings. The van der Waals surface area contributed by atoms with Gasteiger partial charge in [0.2, 0.25) is 11.8 Å². The second kappa shape index (κ2) is 9.22. The summed E-state index contributed by atoms with van der Waals surface area (Å²) in [4.78, 5) is 29.9. The average Bonchev–Trinajstić information content (AvgIpc) is 3.17. The smallest absolute Gasteiger partial charge is 0.248 e. The van der Waals surface area contributed by atoms with E-state index in [1.807, 2.05) is 63.1 Å². The Hall–Kier alpha value is -2.67. The fourth-order valence-electron chi connectivity index (χ4n) is 3.51. The molecule has 2 heterocycles. The number of aromatic nitrogens is 2. The fraction of sp³-hybridized carbons (Fsp3) is 0.500. The second-order valence-electron chi connectivity index (χ2n) is 8.02. The van der Waals surface area contributed by atoms with Crippen LogP contribution in [0, 0.1) is 5.92 Å². The first-order valence-corrected chi connectivity index (χ1v) is 10.2. The van der Waals surface area contributed by atoms with Gasteiger partial charge in [-0.05, 0) is 31.6 Å². The van der Waals surface area contributed by atoms with Gasteiger partial charge in [-0.15, -0.1) is 0 Å². The van der Waals surface area contributed by atoms with Crippen LogP contribution < -0.4 is 5.32 Å². The molecule has 0 saturated heterocycles. The van der Waals surface area contributed by atoms with E-state index in [9.17, 15) is 9.59 Å². The van der Waals surface area contributed by atoms with Gasteiger partial charge in [-0.3, -0.25) is 14.3 Å². The van der Waals surface area contributed by atoms with E-state index in [4.69, 9.17) is 0 Å². The van der Waals surface area contributed by atoms with Crippen LogP contribution in [0.3, 0.4) is 0 Å². The van der Waals surface area contributed by atoms with Crippen LogP contribution in [-0.2, 0) is 29.1 Å². The number of benzene rings is 1. The number of likely N-dealkylation sites (N-methyl/N-ethyl adjacent to an activating group) is 1. The van der Waals surface area contributed by atoms with Gasteiger partial charge in [0, 0.05) is 37.7 Å². The third kappa shape index (κ3) is 5.03. The largest absolute Gasteiger partial charge is 0.326 e. The van der Waals surface area contributed by atoms with Gasteiger partial charge in [0.05, 0.1) is 6.54 Å². The number of rotatable bonds is 7. The molecule has 0 saturated carbocycles. The number of fused-ring (bicyclic) bond motifs is 1. The van der Waals surface area contributed by atoms with Crippen molar-refractivity contribution in [1.29, 1.82) is 0 Å². The highest BCUT2D eigenvalue weighted by Gasteiger charge is 2.36. The topological polar surface area (TPSA) is 70.5 Å². The third-order valence-electron chi connectivity index (χ3n) is 5.54. The molecule has 2 unspecified atom stereocenters. The Morgan fingerprint density at radius 2 is 1.97 bits per heavy atom. The van der Waals surface area contributed by atoms with E-state index < -0.39 is 6.04 Å². The minimum Gasteiger partial charge on any atom is -0.326 e. The molecule has 1 aliphatic rings. The van der Waals surface area contributed by atoms with E-state index in [1.165, 1.54) is 0 Å². The van der Waals surface area contributed by atoms with Crippen molar-refractivity contribution in [3.8, 4) is 0 Å². The number of amides is 2. The maximum atomic E-state index is 13.1.